The van der Waals surface area contributed by atoms with Gasteiger partial charge in [-0.3, -0.25) is 9.69 Å². The van der Waals surface area contributed by atoms with Crippen LogP contribution in [0.3, 0.4) is 0 Å². The lowest BCUT2D eigenvalue weighted by Gasteiger charge is -2.32. The van der Waals surface area contributed by atoms with Gasteiger partial charge in [0.15, 0.2) is 0 Å². The molecule has 2 aliphatic rings. The summed E-state index contributed by atoms with van der Waals surface area (Å²) < 4.78 is 33.3. The zero-order valence-electron chi connectivity index (χ0n) is 17.3. The quantitative estimate of drug-likeness (QED) is 0.658. The number of hydrogen-bond donors (Lipinski definition) is 1. The zero-order chi connectivity index (χ0) is 20.9. The molecule has 8 nitrogen and oxygen atoms in total. The Morgan fingerprint density at radius 2 is 1.90 bits per heavy atom. The second-order valence-corrected chi connectivity index (χ2v) is 9.47. The molecule has 0 aromatic heterocycles. The third kappa shape index (κ3) is 5.28. The fraction of sp³-hybridized carbons (Fsp3) is 0.650. The highest BCUT2D eigenvalue weighted by Gasteiger charge is 2.34. The maximum atomic E-state index is 13.4. The first kappa shape index (κ1) is 22.0. The summed E-state index contributed by atoms with van der Waals surface area (Å²) in [6, 6.07) is 6.50. The van der Waals surface area contributed by atoms with E-state index in [1.165, 1.54) is 4.31 Å². The van der Waals surface area contributed by atoms with E-state index in [-0.39, 0.29) is 23.4 Å². The van der Waals surface area contributed by atoms with Crippen LogP contribution >= 0.6 is 0 Å². The molecule has 1 aromatic carbocycles. The number of nitrogens with one attached hydrogen (secondary N) is 1. The normalized spacial score (nSPS) is 20.9. The molecule has 9 heteroatoms. The first-order chi connectivity index (χ1) is 14.0. The van der Waals surface area contributed by atoms with Crippen LogP contribution in [0.25, 0.3) is 0 Å². The van der Waals surface area contributed by atoms with Gasteiger partial charge in [-0.25, -0.2) is 8.42 Å². The van der Waals surface area contributed by atoms with Crippen molar-refractivity contribution >= 4 is 15.9 Å². The summed E-state index contributed by atoms with van der Waals surface area (Å²) in [6.45, 7) is 6.86. The van der Waals surface area contributed by atoms with E-state index < -0.39 is 10.0 Å². The van der Waals surface area contributed by atoms with Crippen molar-refractivity contribution in [2.45, 2.75) is 30.7 Å². The number of ether oxygens (including phenoxy) is 1. The molecule has 2 aliphatic heterocycles. The van der Waals surface area contributed by atoms with Gasteiger partial charge in [0.2, 0.25) is 15.9 Å². The van der Waals surface area contributed by atoms with E-state index in [4.69, 9.17) is 4.74 Å². The van der Waals surface area contributed by atoms with Gasteiger partial charge < -0.3 is 15.0 Å². The molecule has 0 bridgehead atoms. The molecular formula is C20H32N4O4S. The molecular weight excluding hydrogens is 392 g/mol. The molecule has 0 aliphatic carbocycles. The van der Waals surface area contributed by atoms with Crippen LogP contribution in [0, 0.1) is 0 Å². The molecule has 29 heavy (non-hydrogen) atoms. The Hall–Kier alpha value is -1.68. The lowest BCUT2D eigenvalue weighted by molar-refractivity contribution is -0.132. The van der Waals surface area contributed by atoms with Gasteiger partial charge in [0.25, 0.3) is 0 Å². The van der Waals surface area contributed by atoms with Crippen LogP contribution in [0.15, 0.2) is 29.2 Å². The Bertz CT molecular complexity index is 778. The minimum atomic E-state index is -3.79. The number of methoxy groups -OCH3 is 1. The third-order valence-electron chi connectivity index (χ3n) is 5.80. The molecule has 1 atom stereocenters. The van der Waals surface area contributed by atoms with Crippen molar-refractivity contribution in [1.82, 2.24) is 19.4 Å². The maximum Gasteiger partial charge on any atom is 0.243 e. The van der Waals surface area contributed by atoms with Gasteiger partial charge in [-0.05, 0) is 50.2 Å². The van der Waals surface area contributed by atoms with Crippen molar-refractivity contribution < 1.29 is 17.9 Å². The van der Waals surface area contributed by atoms with E-state index in [0.29, 0.717) is 25.4 Å². The molecule has 2 heterocycles. The number of rotatable bonds is 8. The van der Waals surface area contributed by atoms with Crippen molar-refractivity contribution in [2.24, 2.45) is 0 Å². The first-order valence-electron chi connectivity index (χ1n) is 10.3. The standard InChI is InChI=1S/C20H32N4O4S/c1-3-22-12-4-5-17(22)15-24(16-20(25)23-13-10-21-11-14-23)29(26,27)19-8-6-18(28-2)7-9-19/h6-9,17,21H,3-5,10-16H2,1-2H3/t17-/m1/s1. The molecule has 1 amide bonds. The van der Waals surface area contributed by atoms with Crippen LogP contribution in [0.5, 0.6) is 5.75 Å². The fourth-order valence-electron chi connectivity index (χ4n) is 4.06. The van der Waals surface area contributed by atoms with E-state index in [0.717, 1.165) is 39.0 Å². The van der Waals surface area contributed by atoms with Crippen LogP contribution in [0.2, 0.25) is 0 Å². The Kier molecular flexibility index (Phi) is 7.50. The molecule has 0 saturated carbocycles. The summed E-state index contributed by atoms with van der Waals surface area (Å²) in [5.74, 6) is 0.463. The van der Waals surface area contributed by atoms with Gasteiger partial charge in [0.05, 0.1) is 18.6 Å². The Morgan fingerprint density at radius 1 is 1.21 bits per heavy atom. The first-order valence-corrected chi connectivity index (χ1v) is 11.8. The zero-order valence-corrected chi connectivity index (χ0v) is 18.2. The lowest BCUT2D eigenvalue weighted by atomic mass is 10.2. The summed E-state index contributed by atoms with van der Waals surface area (Å²) in [6.07, 6.45) is 2.00. The molecule has 162 valence electrons. The van der Waals surface area contributed by atoms with Gasteiger partial charge >= 0.3 is 0 Å². The number of likely N-dealkylation sites (tertiary alicyclic amines) is 1. The highest BCUT2D eigenvalue weighted by molar-refractivity contribution is 7.89. The largest absolute Gasteiger partial charge is 0.497 e. The summed E-state index contributed by atoms with van der Waals surface area (Å²) in [5.41, 5.74) is 0. The summed E-state index contributed by atoms with van der Waals surface area (Å²) in [5, 5.41) is 3.22. The second-order valence-electron chi connectivity index (χ2n) is 7.53. The Labute approximate surface area is 173 Å². The maximum absolute atomic E-state index is 13.4. The van der Waals surface area contributed by atoms with Crippen molar-refractivity contribution in [3.05, 3.63) is 24.3 Å². The van der Waals surface area contributed by atoms with E-state index in [1.807, 2.05) is 0 Å². The summed E-state index contributed by atoms with van der Waals surface area (Å²) in [7, 11) is -2.25. The molecule has 1 aromatic rings. The second kappa shape index (κ2) is 9.88. The van der Waals surface area contributed by atoms with E-state index in [9.17, 15) is 13.2 Å². The van der Waals surface area contributed by atoms with Gasteiger partial charge in [0.1, 0.15) is 5.75 Å². The predicted octanol–water partition coefficient (Wildman–Crippen LogP) is 0.602. The van der Waals surface area contributed by atoms with Crippen LogP contribution in [0.1, 0.15) is 19.8 Å². The number of benzene rings is 1. The smallest absolute Gasteiger partial charge is 0.243 e. The number of hydrogen-bond acceptors (Lipinski definition) is 6. The van der Waals surface area contributed by atoms with Gasteiger partial charge in [-0.15, -0.1) is 0 Å². The Balaban J connectivity index is 1.82. The number of likely N-dealkylation sites (N-methyl/N-ethyl adjacent to an activating group) is 1. The average Bonchev–Trinajstić information content (AvgIpc) is 3.21. The molecule has 0 spiro atoms. The SMILES string of the molecule is CCN1CCC[C@@H]1CN(CC(=O)N1CCNCC1)S(=O)(=O)c1ccc(OC)cc1. The number of amides is 1. The number of piperazine rings is 1. The molecule has 0 unspecified atom stereocenters. The fourth-order valence-corrected chi connectivity index (χ4v) is 5.49. The molecule has 3 rings (SSSR count). The average molecular weight is 425 g/mol. The van der Waals surface area contributed by atoms with Crippen molar-refractivity contribution in [2.75, 3.05) is 59.5 Å². The summed E-state index contributed by atoms with van der Waals surface area (Å²) >= 11 is 0. The number of carbonyl (C=O) groups is 1. The van der Waals surface area contributed by atoms with Gasteiger partial charge in [-0.2, -0.15) is 4.31 Å². The van der Waals surface area contributed by atoms with Crippen LogP contribution in [-0.2, 0) is 14.8 Å². The lowest BCUT2D eigenvalue weighted by Crippen LogP contribution is -2.52. The highest BCUT2D eigenvalue weighted by Crippen LogP contribution is 2.23. The minimum absolute atomic E-state index is 0.123. The molecule has 1 N–H and O–H groups in total. The topological polar surface area (TPSA) is 82.2 Å². The van der Waals surface area contributed by atoms with E-state index in [2.05, 4.69) is 17.1 Å². The molecule has 2 saturated heterocycles. The van der Waals surface area contributed by atoms with Crippen LogP contribution in [0.4, 0.5) is 0 Å². The Morgan fingerprint density at radius 3 is 2.52 bits per heavy atom. The minimum Gasteiger partial charge on any atom is -0.497 e. The van der Waals surface area contributed by atoms with Crippen LogP contribution in [-0.4, -0.2) is 93.9 Å². The van der Waals surface area contributed by atoms with E-state index in [1.54, 1.807) is 36.3 Å². The predicted molar refractivity (Wildman–Crippen MR) is 111 cm³/mol. The van der Waals surface area contributed by atoms with Crippen LogP contribution < -0.4 is 10.1 Å². The van der Waals surface area contributed by atoms with Crippen molar-refractivity contribution in [3.8, 4) is 5.75 Å². The molecule has 0 radical (unpaired) electrons. The van der Waals surface area contributed by atoms with Crippen molar-refractivity contribution in [1.29, 1.82) is 0 Å². The number of nitrogens with zero attached hydrogens (tertiary/aromatic N) is 3. The third-order valence-corrected chi connectivity index (χ3v) is 7.62. The summed E-state index contributed by atoms with van der Waals surface area (Å²) in [4.78, 5) is 17.1. The van der Waals surface area contributed by atoms with Crippen molar-refractivity contribution in [3.63, 3.8) is 0 Å². The van der Waals surface area contributed by atoms with Gasteiger partial charge in [0, 0.05) is 38.8 Å². The highest BCUT2D eigenvalue weighted by atomic mass is 32.2. The number of sulfonamides is 1. The molecule has 2 fully saturated rings. The van der Waals surface area contributed by atoms with Gasteiger partial charge in [-0.1, -0.05) is 6.92 Å². The number of carbonyl (C=O) groups excluding carboxylic acids is 1. The monoisotopic (exact) mass is 424 g/mol. The van der Waals surface area contributed by atoms with E-state index >= 15 is 0 Å².